The molecule has 7 nitrogen and oxygen atoms in total. The fourth-order valence-corrected chi connectivity index (χ4v) is 4.17. The molecule has 174 valence electrons. The number of para-hydroxylation sites is 1. The lowest BCUT2D eigenvalue weighted by Crippen LogP contribution is -2.54. The van der Waals surface area contributed by atoms with Gasteiger partial charge < -0.3 is 26.1 Å². The van der Waals surface area contributed by atoms with Gasteiger partial charge in [0.25, 0.3) is 0 Å². The highest BCUT2D eigenvalue weighted by Gasteiger charge is 2.26. The van der Waals surface area contributed by atoms with E-state index in [0.29, 0.717) is 25.0 Å². The summed E-state index contributed by atoms with van der Waals surface area (Å²) in [4.78, 5) is 40.5. The van der Waals surface area contributed by atoms with Gasteiger partial charge in [-0.15, -0.1) is 0 Å². The summed E-state index contributed by atoms with van der Waals surface area (Å²) in [5, 5.41) is 6.57. The van der Waals surface area contributed by atoms with E-state index in [9.17, 15) is 14.4 Å². The van der Waals surface area contributed by atoms with Crippen LogP contribution in [-0.2, 0) is 27.2 Å². The summed E-state index contributed by atoms with van der Waals surface area (Å²) in [6.45, 7) is 0. The molecule has 0 unspecified atom stereocenters. The molecule has 0 fully saturated rings. The third kappa shape index (κ3) is 6.94. The molecule has 2 amide bonds. The van der Waals surface area contributed by atoms with Crippen molar-refractivity contribution in [3.63, 3.8) is 0 Å². The molecule has 0 radical (unpaired) electrons. The van der Waals surface area contributed by atoms with Crippen LogP contribution in [-0.4, -0.2) is 53.2 Å². The van der Waals surface area contributed by atoms with Gasteiger partial charge in [-0.05, 0) is 48.5 Å². The SMILES string of the molecule is CSCC[C@@H](NC(=O)[C@H](N)Cc1c[nH]c2ccccc12)C(=O)N[C@@H](C=O)Cc1ccccc1. The number of benzene rings is 2. The van der Waals surface area contributed by atoms with Crippen LogP contribution in [0, 0.1) is 0 Å². The highest BCUT2D eigenvalue weighted by molar-refractivity contribution is 7.98. The summed E-state index contributed by atoms with van der Waals surface area (Å²) >= 11 is 1.58. The predicted molar refractivity (Wildman–Crippen MR) is 133 cm³/mol. The Balaban J connectivity index is 1.62. The first kappa shape index (κ1) is 24.5. The van der Waals surface area contributed by atoms with Crippen LogP contribution < -0.4 is 16.4 Å². The number of carbonyl (C=O) groups is 3. The molecule has 0 saturated heterocycles. The van der Waals surface area contributed by atoms with Gasteiger partial charge in [0, 0.05) is 17.1 Å². The van der Waals surface area contributed by atoms with E-state index in [-0.39, 0.29) is 5.91 Å². The molecule has 1 heterocycles. The van der Waals surface area contributed by atoms with Crippen LogP contribution in [0.2, 0.25) is 0 Å². The van der Waals surface area contributed by atoms with E-state index in [1.54, 1.807) is 11.8 Å². The fourth-order valence-electron chi connectivity index (χ4n) is 3.70. The Morgan fingerprint density at radius 1 is 1.03 bits per heavy atom. The van der Waals surface area contributed by atoms with Gasteiger partial charge >= 0.3 is 0 Å². The second-order valence-corrected chi connectivity index (χ2v) is 8.94. The lowest BCUT2D eigenvalue weighted by Gasteiger charge is -2.22. The van der Waals surface area contributed by atoms with Crippen molar-refractivity contribution in [3.8, 4) is 0 Å². The molecule has 0 aliphatic carbocycles. The molecule has 3 rings (SSSR count). The van der Waals surface area contributed by atoms with E-state index in [2.05, 4.69) is 15.6 Å². The van der Waals surface area contributed by atoms with E-state index in [4.69, 9.17) is 5.73 Å². The first-order chi connectivity index (χ1) is 16.0. The Hall–Kier alpha value is -3.10. The number of aldehydes is 1. The molecule has 5 N–H and O–H groups in total. The van der Waals surface area contributed by atoms with Crippen molar-refractivity contribution in [1.29, 1.82) is 0 Å². The van der Waals surface area contributed by atoms with Crippen molar-refractivity contribution in [3.05, 3.63) is 71.9 Å². The van der Waals surface area contributed by atoms with E-state index in [0.717, 1.165) is 28.3 Å². The van der Waals surface area contributed by atoms with Crippen LogP contribution in [0.25, 0.3) is 10.9 Å². The normalized spacial score (nSPS) is 13.8. The fraction of sp³-hybridized carbons (Fsp3) is 0.320. The summed E-state index contributed by atoms with van der Waals surface area (Å²) in [6.07, 6.45) is 5.69. The summed E-state index contributed by atoms with van der Waals surface area (Å²) in [5.41, 5.74) is 9.06. The zero-order valence-corrected chi connectivity index (χ0v) is 19.4. The van der Waals surface area contributed by atoms with Gasteiger partial charge in [0.1, 0.15) is 12.3 Å². The highest BCUT2D eigenvalue weighted by Crippen LogP contribution is 2.18. The molecule has 2 aromatic carbocycles. The second-order valence-electron chi connectivity index (χ2n) is 7.95. The van der Waals surface area contributed by atoms with Crippen LogP contribution in [0.15, 0.2) is 60.8 Å². The van der Waals surface area contributed by atoms with Gasteiger partial charge in [-0.25, -0.2) is 0 Å². The quantitative estimate of drug-likeness (QED) is 0.305. The minimum absolute atomic E-state index is 0.345. The molecule has 3 atom stereocenters. The number of H-pyrrole nitrogens is 1. The number of aromatic amines is 1. The number of hydrogen-bond acceptors (Lipinski definition) is 5. The van der Waals surface area contributed by atoms with Crippen molar-refractivity contribution >= 4 is 40.8 Å². The largest absolute Gasteiger partial charge is 0.361 e. The lowest BCUT2D eigenvalue weighted by atomic mass is 10.0. The van der Waals surface area contributed by atoms with Gasteiger partial charge in [0.2, 0.25) is 11.8 Å². The average Bonchev–Trinajstić information content (AvgIpc) is 3.24. The zero-order valence-electron chi connectivity index (χ0n) is 18.6. The minimum Gasteiger partial charge on any atom is -0.361 e. The van der Waals surface area contributed by atoms with Crippen LogP contribution >= 0.6 is 11.8 Å². The summed E-state index contributed by atoms with van der Waals surface area (Å²) in [6, 6.07) is 15.0. The van der Waals surface area contributed by atoms with Crippen LogP contribution in [0.4, 0.5) is 0 Å². The molecule has 0 spiro atoms. The maximum Gasteiger partial charge on any atom is 0.243 e. The van der Waals surface area contributed by atoms with Gasteiger partial charge in [0.05, 0.1) is 12.1 Å². The first-order valence-corrected chi connectivity index (χ1v) is 12.3. The topological polar surface area (TPSA) is 117 Å². The maximum absolute atomic E-state index is 12.9. The average molecular weight is 467 g/mol. The minimum atomic E-state index is -0.806. The number of aromatic nitrogens is 1. The van der Waals surface area contributed by atoms with E-state index >= 15 is 0 Å². The third-order valence-electron chi connectivity index (χ3n) is 5.49. The van der Waals surface area contributed by atoms with Crippen molar-refractivity contribution in [1.82, 2.24) is 15.6 Å². The second kappa shape index (κ2) is 12.2. The highest BCUT2D eigenvalue weighted by atomic mass is 32.2. The maximum atomic E-state index is 12.9. The number of hydrogen-bond donors (Lipinski definition) is 4. The number of thioether (sulfide) groups is 1. The molecule has 1 aromatic heterocycles. The summed E-state index contributed by atoms with van der Waals surface area (Å²) in [7, 11) is 0. The number of nitrogens with one attached hydrogen (secondary N) is 3. The third-order valence-corrected chi connectivity index (χ3v) is 6.13. The molecular weight excluding hydrogens is 436 g/mol. The number of nitrogens with two attached hydrogens (primary N) is 1. The molecule has 8 heteroatoms. The van der Waals surface area contributed by atoms with Crippen molar-refractivity contribution in [2.45, 2.75) is 37.4 Å². The van der Waals surface area contributed by atoms with Crippen LogP contribution in [0.5, 0.6) is 0 Å². The van der Waals surface area contributed by atoms with Gasteiger partial charge in [-0.3, -0.25) is 9.59 Å². The van der Waals surface area contributed by atoms with Gasteiger partial charge in [0.15, 0.2) is 0 Å². The lowest BCUT2D eigenvalue weighted by molar-refractivity contribution is -0.130. The Kier molecular flexibility index (Phi) is 9.09. The van der Waals surface area contributed by atoms with E-state index < -0.39 is 24.0 Å². The van der Waals surface area contributed by atoms with Crippen molar-refractivity contribution in [2.24, 2.45) is 5.73 Å². The van der Waals surface area contributed by atoms with Gasteiger partial charge in [-0.1, -0.05) is 48.5 Å². The predicted octanol–water partition coefficient (Wildman–Crippen LogP) is 2.20. The van der Waals surface area contributed by atoms with E-state index in [1.165, 1.54) is 0 Å². The Labute approximate surface area is 197 Å². The zero-order chi connectivity index (χ0) is 23.6. The Bertz CT molecular complexity index is 1070. The molecule has 33 heavy (non-hydrogen) atoms. The number of fused-ring (bicyclic) bond motifs is 1. The standard InChI is InChI=1S/C25H30N4O3S/c1-33-12-11-23(25(32)28-19(16-30)13-17-7-3-2-4-8-17)29-24(31)21(26)14-18-15-27-22-10-6-5-9-20(18)22/h2-10,15-16,19,21,23,27H,11-14,26H2,1H3,(H,28,32)(H,29,31)/t19-,21-,23-/m1/s1. The molecule has 3 aromatic rings. The first-order valence-electron chi connectivity index (χ1n) is 10.9. The van der Waals surface area contributed by atoms with Crippen LogP contribution in [0.1, 0.15) is 17.5 Å². The molecular formula is C25H30N4O3S. The van der Waals surface area contributed by atoms with E-state index in [1.807, 2.05) is 67.0 Å². The number of amides is 2. The smallest absolute Gasteiger partial charge is 0.243 e. The Morgan fingerprint density at radius 2 is 1.76 bits per heavy atom. The summed E-state index contributed by atoms with van der Waals surface area (Å²) in [5.74, 6) is -0.0995. The van der Waals surface area contributed by atoms with Crippen molar-refractivity contribution in [2.75, 3.05) is 12.0 Å². The number of carbonyl (C=O) groups excluding carboxylic acids is 3. The Morgan fingerprint density at radius 3 is 2.48 bits per heavy atom. The van der Waals surface area contributed by atoms with Gasteiger partial charge in [-0.2, -0.15) is 11.8 Å². The molecule has 0 saturated carbocycles. The molecule has 0 aliphatic rings. The monoisotopic (exact) mass is 466 g/mol. The summed E-state index contributed by atoms with van der Waals surface area (Å²) < 4.78 is 0. The van der Waals surface area contributed by atoms with Crippen LogP contribution in [0.3, 0.4) is 0 Å². The molecule has 0 bridgehead atoms. The van der Waals surface area contributed by atoms with Crippen molar-refractivity contribution < 1.29 is 14.4 Å². The molecule has 0 aliphatic heterocycles. The number of rotatable bonds is 12.